The van der Waals surface area contributed by atoms with E-state index < -0.39 is 5.97 Å². The molecule has 0 spiro atoms. The number of aromatic nitrogens is 1. The zero-order valence-electron chi connectivity index (χ0n) is 10.6. The molecule has 0 aliphatic rings. The zero-order chi connectivity index (χ0) is 13.1. The van der Waals surface area contributed by atoms with Gasteiger partial charge in [-0.2, -0.15) is 0 Å². The molecule has 2 aromatic rings. The molecule has 3 nitrogen and oxygen atoms in total. The van der Waals surface area contributed by atoms with Crippen molar-refractivity contribution < 1.29 is 9.90 Å². The number of nitrogens with zero attached hydrogens (tertiary/aromatic N) is 1. The first-order valence-corrected chi connectivity index (χ1v) is 6.06. The van der Waals surface area contributed by atoms with Gasteiger partial charge in [0.2, 0.25) is 0 Å². The van der Waals surface area contributed by atoms with Gasteiger partial charge in [-0.25, -0.2) is 4.79 Å². The van der Waals surface area contributed by atoms with E-state index in [2.05, 4.69) is 0 Å². The van der Waals surface area contributed by atoms with Gasteiger partial charge in [-0.15, -0.1) is 0 Å². The van der Waals surface area contributed by atoms with E-state index in [1.807, 2.05) is 54.9 Å². The van der Waals surface area contributed by atoms with Crippen LogP contribution in [0.3, 0.4) is 0 Å². The number of benzene rings is 1. The van der Waals surface area contributed by atoms with Crippen molar-refractivity contribution in [2.75, 3.05) is 0 Å². The lowest BCUT2D eigenvalue weighted by molar-refractivity contribution is 0.0695. The number of carboxylic acid groups (broad SMARTS) is 1. The van der Waals surface area contributed by atoms with Crippen LogP contribution in [0.5, 0.6) is 0 Å². The van der Waals surface area contributed by atoms with E-state index in [1.54, 1.807) is 6.07 Å². The van der Waals surface area contributed by atoms with Crippen LogP contribution in [0.25, 0.3) is 0 Å². The summed E-state index contributed by atoms with van der Waals surface area (Å²) in [5.74, 6) is -0.666. The fraction of sp³-hybridized carbons (Fsp3) is 0.267. The summed E-state index contributed by atoms with van der Waals surface area (Å²) in [5, 5.41) is 9.18. The standard InChI is InChI=1S/C15H17NO2/c1-11(2)14-13(15(17)18)8-9-16(14)10-12-6-4-3-5-7-12/h3-9,11H,10H2,1-2H3,(H,17,18). The van der Waals surface area contributed by atoms with Crippen LogP contribution >= 0.6 is 0 Å². The SMILES string of the molecule is CC(C)c1c(C(=O)O)ccn1Cc1ccccc1. The van der Waals surface area contributed by atoms with Gasteiger partial charge in [0.1, 0.15) is 0 Å². The lowest BCUT2D eigenvalue weighted by Crippen LogP contribution is -2.09. The van der Waals surface area contributed by atoms with Gasteiger partial charge in [-0.1, -0.05) is 44.2 Å². The van der Waals surface area contributed by atoms with Gasteiger partial charge < -0.3 is 9.67 Å². The Hall–Kier alpha value is -2.03. The van der Waals surface area contributed by atoms with Gasteiger partial charge in [0.15, 0.2) is 0 Å². The molecule has 0 fully saturated rings. The summed E-state index contributed by atoms with van der Waals surface area (Å²) in [5.41, 5.74) is 2.46. The molecule has 18 heavy (non-hydrogen) atoms. The van der Waals surface area contributed by atoms with Crippen molar-refractivity contribution in [3.8, 4) is 0 Å². The molecular weight excluding hydrogens is 226 g/mol. The van der Waals surface area contributed by atoms with E-state index in [1.165, 1.54) is 5.56 Å². The molecule has 0 atom stereocenters. The Morgan fingerprint density at radius 2 is 1.89 bits per heavy atom. The minimum atomic E-state index is -0.856. The third kappa shape index (κ3) is 2.45. The van der Waals surface area contributed by atoms with Crippen LogP contribution in [0, 0.1) is 0 Å². The Bertz CT molecular complexity index is 541. The molecule has 2 rings (SSSR count). The van der Waals surface area contributed by atoms with Gasteiger partial charge in [0.05, 0.1) is 5.56 Å². The molecular formula is C15H17NO2. The number of carboxylic acids is 1. The minimum absolute atomic E-state index is 0.190. The first kappa shape index (κ1) is 12.4. The van der Waals surface area contributed by atoms with Crippen molar-refractivity contribution in [1.82, 2.24) is 4.57 Å². The van der Waals surface area contributed by atoms with E-state index in [0.29, 0.717) is 12.1 Å². The molecule has 1 heterocycles. The monoisotopic (exact) mass is 243 g/mol. The summed E-state index contributed by atoms with van der Waals surface area (Å²) in [6, 6.07) is 11.7. The van der Waals surface area contributed by atoms with Gasteiger partial charge >= 0.3 is 5.97 Å². The molecule has 1 aromatic carbocycles. The third-order valence-electron chi connectivity index (χ3n) is 2.98. The quantitative estimate of drug-likeness (QED) is 0.894. The number of carbonyl (C=O) groups is 1. The fourth-order valence-corrected chi connectivity index (χ4v) is 2.23. The van der Waals surface area contributed by atoms with Crippen molar-refractivity contribution in [3.05, 3.63) is 59.4 Å². The van der Waals surface area contributed by atoms with Crippen LogP contribution < -0.4 is 0 Å². The molecule has 94 valence electrons. The number of rotatable bonds is 4. The number of aromatic carboxylic acids is 1. The maximum atomic E-state index is 11.2. The van der Waals surface area contributed by atoms with Crippen LogP contribution in [0.4, 0.5) is 0 Å². The molecule has 0 amide bonds. The summed E-state index contributed by atoms with van der Waals surface area (Å²) in [6.45, 7) is 4.74. The van der Waals surface area contributed by atoms with Gasteiger partial charge in [-0.05, 0) is 17.5 Å². The van der Waals surface area contributed by atoms with E-state index in [9.17, 15) is 9.90 Å². The Balaban J connectivity index is 2.37. The van der Waals surface area contributed by atoms with Crippen molar-refractivity contribution in [1.29, 1.82) is 0 Å². The van der Waals surface area contributed by atoms with Crippen molar-refractivity contribution in [2.45, 2.75) is 26.3 Å². The minimum Gasteiger partial charge on any atom is -0.478 e. The topological polar surface area (TPSA) is 42.2 Å². The van der Waals surface area contributed by atoms with Gasteiger partial charge in [0, 0.05) is 18.4 Å². The molecule has 0 saturated carbocycles. The van der Waals surface area contributed by atoms with Crippen LogP contribution in [0.15, 0.2) is 42.6 Å². The van der Waals surface area contributed by atoms with E-state index in [4.69, 9.17) is 0 Å². The summed E-state index contributed by atoms with van der Waals surface area (Å²) >= 11 is 0. The predicted molar refractivity (Wildman–Crippen MR) is 71.0 cm³/mol. The third-order valence-corrected chi connectivity index (χ3v) is 2.98. The maximum Gasteiger partial charge on any atom is 0.337 e. The number of hydrogen-bond donors (Lipinski definition) is 1. The molecule has 3 heteroatoms. The molecule has 0 bridgehead atoms. The van der Waals surface area contributed by atoms with E-state index in [0.717, 1.165) is 5.69 Å². The van der Waals surface area contributed by atoms with Crippen LogP contribution in [-0.2, 0) is 6.54 Å². The van der Waals surface area contributed by atoms with Crippen molar-refractivity contribution >= 4 is 5.97 Å². The lowest BCUT2D eigenvalue weighted by atomic mass is 10.1. The Morgan fingerprint density at radius 3 is 2.44 bits per heavy atom. The summed E-state index contributed by atoms with van der Waals surface area (Å²) in [7, 11) is 0. The van der Waals surface area contributed by atoms with Gasteiger partial charge in [0.25, 0.3) is 0 Å². The molecule has 0 unspecified atom stereocenters. The molecule has 0 aliphatic heterocycles. The van der Waals surface area contributed by atoms with Crippen molar-refractivity contribution in [2.24, 2.45) is 0 Å². The molecule has 1 aromatic heterocycles. The highest BCUT2D eigenvalue weighted by Crippen LogP contribution is 2.22. The van der Waals surface area contributed by atoms with Crippen LogP contribution in [0.2, 0.25) is 0 Å². The van der Waals surface area contributed by atoms with Crippen LogP contribution in [-0.4, -0.2) is 15.6 Å². The largest absolute Gasteiger partial charge is 0.478 e. The first-order valence-electron chi connectivity index (χ1n) is 6.06. The predicted octanol–water partition coefficient (Wildman–Crippen LogP) is 3.36. The Morgan fingerprint density at radius 1 is 1.22 bits per heavy atom. The average Bonchev–Trinajstić information content (AvgIpc) is 2.74. The smallest absolute Gasteiger partial charge is 0.337 e. The molecule has 0 saturated heterocycles. The second-order valence-electron chi connectivity index (χ2n) is 4.69. The maximum absolute atomic E-state index is 11.2. The van der Waals surface area contributed by atoms with E-state index in [-0.39, 0.29) is 5.92 Å². The second kappa shape index (κ2) is 5.08. The molecule has 0 radical (unpaired) electrons. The Kier molecular flexibility index (Phi) is 3.51. The number of hydrogen-bond acceptors (Lipinski definition) is 1. The van der Waals surface area contributed by atoms with E-state index >= 15 is 0 Å². The van der Waals surface area contributed by atoms with Gasteiger partial charge in [-0.3, -0.25) is 0 Å². The first-order chi connectivity index (χ1) is 8.59. The average molecular weight is 243 g/mol. The highest BCUT2D eigenvalue weighted by Gasteiger charge is 2.17. The van der Waals surface area contributed by atoms with Crippen LogP contribution in [0.1, 0.15) is 41.4 Å². The second-order valence-corrected chi connectivity index (χ2v) is 4.69. The highest BCUT2D eigenvalue weighted by molar-refractivity contribution is 5.89. The zero-order valence-corrected chi connectivity index (χ0v) is 10.6. The normalized spacial score (nSPS) is 10.8. The Labute approximate surface area is 107 Å². The fourth-order valence-electron chi connectivity index (χ4n) is 2.23. The lowest BCUT2D eigenvalue weighted by Gasteiger charge is -2.13. The highest BCUT2D eigenvalue weighted by atomic mass is 16.4. The summed E-state index contributed by atoms with van der Waals surface area (Å²) < 4.78 is 2.02. The molecule has 1 N–H and O–H groups in total. The molecule has 0 aliphatic carbocycles. The summed E-state index contributed by atoms with van der Waals surface area (Å²) in [4.78, 5) is 11.2. The summed E-state index contributed by atoms with van der Waals surface area (Å²) in [6.07, 6.45) is 1.85. The van der Waals surface area contributed by atoms with Crippen molar-refractivity contribution in [3.63, 3.8) is 0 Å².